The van der Waals surface area contributed by atoms with Crippen LogP contribution in [0.2, 0.25) is 0 Å². The van der Waals surface area contributed by atoms with Crippen LogP contribution in [0.3, 0.4) is 0 Å². The molecule has 0 radical (unpaired) electrons. The third kappa shape index (κ3) is 2.14. The highest BCUT2D eigenvalue weighted by Crippen LogP contribution is 2.42. The maximum absolute atomic E-state index is 6.37. The van der Waals surface area contributed by atoms with Gasteiger partial charge in [-0.25, -0.2) is 4.98 Å². The third-order valence-corrected chi connectivity index (χ3v) is 4.51. The predicted molar refractivity (Wildman–Crippen MR) is 82.2 cm³/mol. The molecule has 2 atom stereocenters. The second-order valence-electron chi connectivity index (χ2n) is 6.03. The van der Waals surface area contributed by atoms with E-state index in [0.717, 1.165) is 41.4 Å². The molecule has 0 aliphatic heterocycles. The lowest BCUT2D eigenvalue weighted by Gasteiger charge is -2.18. The van der Waals surface area contributed by atoms with Gasteiger partial charge in [0.25, 0.3) is 0 Å². The highest BCUT2D eigenvalue weighted by Gasteiger charge is 2.33. The molecule has 0 N–H and O–H groups in total. The van der Waals surface area contributed by atoms with E-state index < -0.39 is 0 Å². The van der Waals surface area contributed by atoms with Crippen LogP contribution in [0.1, 0.15) is 63.0 Å². The number of hydrogen-bond acceptors (Lipinski definition) is 2. The van der Waals surface area contributed by atoms with Gasteiger partial charge in [0.15, 0.2) is 5.65 Å². The first kappa shape index (κ1) is 13.9. The molecule has 20 heavy (non-hydrogen) atoms. The van der Waals surface area contributed by atoms with Crippen molar-refractivity contribution in [2.45, 2.75) is 57.9 Å². The summed E-state index contributed by atoms with van der Waals surface area (Å²) in [5, 5.41) is 4.58. The summed E-state index contributed by atoms with van der Waals surface area (Å²) in [6.45, 7) is 6.47. The monoisotopic (exact) mass is 294 g/mol. The molecular weight excluding hydrogens is 272 g/mol. The zero-order valence-electron chi connectivity index (χ0n) is 12.7. The molecule has 1 saturated carbocycles. The second kappa shape index (κ2) is 5.06. The summed E-state index contributed by atoms with van der Waals surface area (Å²) in [5.74, 6) is 1.76. The number of nitrogens with zero attached hydrogens (tertiary/aromatic N) is 4. The summed E-state index contributed by atoms with van der Waals surface area (Å²) in [4.78, 5) is 4.83. The Kier molecular flexibility index (Phi) is 3.53. The Balaban J connectivity index is 2.20. The van der Waals surface area contributed by atoms with Crippen molar-refractivity contribution in [3.8, 4) is 0 Å². The fourth-order valence-electron chi connectivity index (χ4n) is 3.10. The third-order valence-electron chi connectivity index (χ3n) is 4.32. The normalized spacial score (nSPS) is 18.6. The molecule has 1 fully saturated rings. The number of halogens is 1. The van der Waals surface area contributed by atoms with Gasteiger partial charge in [0.05, 0.1) is 11.1 Å². The molecule has 2 heterocycles. The summed E-state index contributed by atoms with van der Waals surface area (Å²) in [6, 6.07) is 0.459. The number of fused-ring (bicyclic) bond motifs is 1. The van der Waals surface area contributed by atoms with Gasteiger partial charge in [0.1, 0.15) is 11.3 Å². The van der Waals surface area contributed by atoms with Crippen molar-refractivity contribution in [1.82, 2.24) is 19.3 Å². The molecule has 0 spiro atoms. The molecule has 3 rings (SSSR count). The molecule has 0 amide bonds. The van der Waals surface area contributed by atoms with Crippen LogP contribution in [0.15, 0.2) is 0 Å². The average molecular weight is 295 g/mol. The Morgan fingerprint density at radius 3 is 2.60 bits per heavy atom. The Morgan fingerprint density at radius 1 is 1.35 bits per heavy atom. The maximum atomic E-state index is 6.37. The van der Waals surface area contributed by atoms with E-state index in [-0.39, 0.29) is 5.38 Å². The first-order valence-corrected chi connectivity index (χ1v) is 8.06. The van der Waals surface area contributed by atoms with Crippen LogP contribution in [0, 0.1) is 5.92 Å². The van der Waals surface area contributed by atoms with Crippen molar-refractivity contribution in [3.05, 3.63) is 11.5 Å². The van der Waals surface area contributed by atoms with Crippen molar-refractivity contribution in [2.75, 3.05) is 0 Å². The van der Waals surface area contributed by atoms with Gasteiger partial charge in [-0.15, -0.1) is 11.6 Å². The van der Waals surface area contributed by atoms with Crippen molar-refractivity contribution >= 4 is 22.8 Å². The number of hydrogen-bond donors (Lipinski definition) is 0. The highest BCUT2D eigenvalue weighted by atomic mass is 35.5. The fourth-order valence-corrected chi connectivity index (χ4v) is 3.25. The van der Waals surface area contributed by atoms with Crippen LogP contribution < -0.4 is 0 Å². The first-order chi connectivity index (χ1) is 9.54. The summed E-state index contributed by atoms with van der Waals surface area (Å²) < 4.78 is 4.31. The number of alkyl halides is 1. The number of aryl methyl sites for hydroxylation is 2. The number of rotatable bonds is 5. The summed E-state index contributed by atoms with van der Waals surface area (Å²) in [7, 11) is 2.02. The van der Waals surface area contributed by atoms with Crippen LogP contribution in [0.5, 0.6) is 0 Å². The van der Waals surface area contributed by atoms with Gasteiger partial charge in [0.2, 0.25) is 0 Å². The Labute approximate surface area is 125 Å². The van der Waals surface area contributed by atoms with Gasteiger partial charge >= 0.3 is 0 Å². The lowest BCUT2D eigenvalue weighted by Crippen LogP contribution is -2.14. The molecule has 0 aromatic carbocycles. The molecule has 1 aliphatic rings. The quantitative estimate of drug-likeness (QED) is 0.782. The lowest BCUT2D eigenvalue weighted by atomic mass is 10.2. The molecule has 1 aliphatic carbocycles. The van der Waals surface area contributed by atoms with Gasteiger partial charge in [-0.1, -0.05) is 13.3 Å². The van der Waals surface area contributed by atoms with E-state index in [9.17, 15) is 0 Å². The Hall–Kier alpha value is -1.03. The van der Waals surface area contributed by atoms with Gasteiger partial charge in [-0.05, 0) is 39.0 Å². The van der Waals surface area contributed by atoms with Crippen LogP contribution in [-0.2, 0) is 13.5 Å². The standard InChI is InChI=1S/C15H23ClN4/c1-5-6-12-13-15(19(4)18-12)20(10(3)11-7-8-11)14(17-13)9(2)16/h9-11H,5-8H2,1-4H3. The van der Waals surface area contributed by atoms with Gasteiger partial charge in [0, 0.05) is 13.1 Å². The van der Waals surface area contributed by atoms with Gasteiger partial charge in [-0.3, -0.25) is 4.68 Å². The summed E-state index contributed by atoms with van der Waals surface area (Å²) in [5.41, 5.74) is 3.28. The maximum Gasteiger partial charge on any atom is 0.158 e. The SMILES string of the molecule is CCCc1nn(C)c2c1nc(C(C)Cl)n2C(C)C1CC1. The molecule has 2 unspecified atom stereocenters. The van der Waals surface area contributed by atoms with Crippen LogP contribution in [0.25, 0.3) is 11.2 Å². The number of aromatic nitrogens is 4. The topological polar surface area (TPSA) is 35.6 Å². The Bertz CT molecular complexity index is 621. The largest absolute Gasteiger partial charge is 0.309 e. The van der Waals surface area contributed by atoms with E-state index in [4.69, 9.17) is 16.6 Å². The van der Waals surface area contributed by atoms with E-state index in [2.05, 4.69) is 23.5 Å². The molecule has 5 heteroatoms. The molecule has 110 valence electrons. The molecule has 0 saturated heterocycles. The van der Waals surface area contributed by atoms with Crippen molar-refractivity contribution < 1.29 is 0 Å². The predicted octanol–water partition coefficient (Wildman–Crippen LogP) is 3.99. The number of imidazole rings is 1. The fraction of sp³-hybridized carbons (Fsp3) is 0.733. The molecule has 4 nitrogen and oxygen atoms in total. The second-order valence-corrected chi connectivity index (χ2v) is 6.68. The molecule has 0 bridgehead atoms. The van der Waals surface area contributed by atoms with E-state index in [1.54, 1.807) is 0 Å². The minimum absolute atomic E-state index is 0.0712. The first-order valence-electron chi connectivity index (χ1n) is 7.62. The van der Waals surface area contributed by atoms with E-state index >= 15 is 0 Å². The van der Waals surface area contributed by atoms with E-state index in [1.165, 1.54) is 12.8 Å². The Morgan fingerprint density at radius 2 is 2.05 bits per heavy atom. The molecule has 2 aromatic rings. The van der Waals surface area contributed by atoms with Crippen molar-refractivity contribution in [2.24, 2.45) is 13.0 Å². The smallest absolute Gasteiger partial charge is 0.158 e. The van der Waals surface area contributed by atoms with Gasteiger partial charge < -0.3 is 4.57 Å². The molecular formula is C15H23ClN4. The summed E-state index contributed by atoms with van der Waals surface area (Å²) in [6.07, 6.45) is 4.69. The average Bonchev–Trinajstić information content (AvgIpc) is 3.09. The van der Waals surface area contributed by atoms with E-state index in [1.807, 2.05) is 18.7 Å². The lowest BCUT2D eigenvalue weighted by molar-refractivity contribution is 0.470. The zero-order valence-corrected chi connectivity index (χ0v) is 13.5. The minimum atomic E-state index is -0.0712. The summed E-state index contributed by atoms with van der Waals surface area (Å²) >= 11 is 6.37. The zero-order chi connectivity index (χ0) is 14.4. The van der Waals surface area contributed by atoms with Crippen LogP contribution in [-0.4, -0.2) is 19.3 Å². The highest BCUT2D eigenvalue weighted by molar-refractivity contribution is 6.20. The van der Waals surface area contributed by atoms with Crippen molar-refractivity contribution in [1.29, 1.82) is 0 Å². The molecule has 2 aromatic heterocycles. The van der Waals surface area contributed by atoms with Gasteiger partial charge in [-0.2, -0.15) is 5.10 Å². The van der Waals surface area contributed by atoms with Crippen molar-refractivity contribution in [3.63, 3.8) is 0 Å². The van der Waals surface area contributed by atoms with E-state index in [0.29, 0.717) is 6.04 Å². The minimum Gasteiger partial charge on any atom is -0.309 e. The van der Waals surface area contributed by atoms with Crippen LogP contribution in [0.4, 0.5) is 0 Å². The van der Waals surface area contributed by atoms with Crippen LogP contribution >= 0.6 is 11.6 Å².